The second-order valence-corrected chi connectivity index (χ2v) is 11.8. The number of ether oxygens (including phenoxy) is 1. The minimum Gasteiger partial charge on any atom is -0.444 e. The van der Waals surface area contributed by atoms with E-state index in [-0.39, 0.29) is 23.3 Å². The van der Waals surface area contributed by atoms with Gasteiger partial charge < -0.3 is 19.5 Å². The number of hydrogen-bond acceptors (Lipinski definition) is 6. The van der Waals surface area contributed by atoms with Gasteiger partial charge in [0, 0.05) is 24.6 Å². The first kappa shape index (κ1) is 24.6. The van der Waals surface area contributed by atoms with Crippen molar-refractivity contribution >= 4 is 29.6 Å². The summed E-state index contributed by atoms with van der Waals surface area (Å²) in [6.07, 6.45) is 1.40. The number of hydrogen-bond donors (Lipinski definition) is 1. The maximum Gasteiger partial charge on any atom is 0.410 e. The number of carbonyl (C=O) groups excluding carboxylic acids is 2. The standard InChI is InChI=1S/C22H37N3O4S/c1-9-30-22(8,18(26)23-17-13-16(29-24-17)20(2,3)4)15-11-10-12-25(14-15)19(27)28-21(5,6)7/h13,15H,9-12,14H2,1-8H3,(H,23,24,26). The molecule has 0 aromatic carbocycles. The summed E-state index contributed by atoms with van der Waals surface area (Å²) in [6, 6.07) is 1.78. The first-order chi connectivity index (χ1) is 13.8. The van der Waals surface area contributed by atoms with E-state index in [1.54, 1.807) is 22.7 Å². The lowest BCUT2D eigenvalue weighted by molar-refractivity contribution is -0.120. The molecule has 1 aliphatic rings. The second-order valence-electron chi connectivity index (χ2n) is 10.1. The molecule has 1 saturated heterocycles. The minimum absolute atomic E-state index is 0.0118. The van der Waals surface area contributed by atoms with Crippen molar-refractivity contribution in [1.29, 1.82) is 0 Å². The summed E-state index contributed by atoms with van der Waals surface area (Å²) in [5.74, 6) is 1.83. The van der Waals surface area contributed by atoms with Gasteiger partial charge in [0.2, 0.25) is 5.91 Å². The van der Waals surface area contributed by atoms with Gasteiger partial charge in [-0.3, -0.25) is 4.79 Å². The van der Waals surface area contributed by atoms with Crippen molar-refractivity contribution < 1.29 is 18.8 Å². The van der Waals surface area contributed by atoms with Crippen LogP contribution in [-0.2, 0) is 14.9 Å². The van der Waals surface area contributed by atoms with Gasteiger partial charge in [-0.2, -0.15) is 0 Å². The predicted molar refractivity (Wildman–Crippen MR) is 121 cm³/mol. The van der Waals surface area contributed by atoms with Gasteiger partial charge >= 0.3 is 6.09 Å². The van der Waals surface area contributed by atoms with Crippen LogP contribution in [0.25, 0.3) is 0 Å². The van der Waals surface area contributed by atoms with E-state index in [9.17, 15) is 9.59 Å². The molecule has 2 atom stereocenters. The summed E-state index contributed by atoms with van der Waals surface area (Å²) in [7, 11) is 0. The number of aromatic nitrogens is 1. The molecule has 2 rings (SSSR count). The van der Waals surface area contributed by atoms with Crippen LogP contribution in [0.4, 0.5) is 10.6 Å². The van der Waals surface area contributed by atoms with E-state index < -0.39 is 10.3 Å². The highest BCUT2D eigenvalue weighted by Gasteiger charge is 2.44. The maximum atomic E-state index is 13.3. The summed E-state index contributed by atoms with van der Waals surface area (Å²) >= 11 is 1.60. The Hall–Kier alpha value is -1.70. The molecule has 1 N–H and O–H groups in total. The quantitative estimate of drug-likeness (QED) is 0.689. The van der Waals surface area contributed by atoms with Crippen molar-refractivity contribution in [3.8, 4) is 0 Å². The van der Waals surface area contributed by atoms with Gasteiger partial charge in [-0.1, -0.05) is 32.9 Å². The number of likely N-dealkylation sites (tertiary alicyclic amines) is 1. The van der Waals surface area contributed by atoms with E-state index in [1.165, 1.54) is 0 Å². The Bertz CT molecular complexity index is 750. The molecule has 1 aromatic rings. The van der Waals surface area contributed by atoms with Crippen LogP contribution in [0.3, 0.4) is 0 Å². The fourth-order valence-corrected chi connectivity index (χ4v) is 4.73. The lowest BCUT2D eigenvalue weighted by atomic mass is 9.85. The Morgan fingerprint density at radius 3 is 2.47 bits per heavy atom. The smallest absolute Gasteiger partial charge is 0.410 e. The van der Waals surface area contributed by atoms with Crippen molar-refractivity contribution in [3.05, 3.63) is 11.8 Å². The van der Waals surface area contributed by atoms with E-state index in [2.05, 4.69) is 10.5 Å². The number of nitrogens with one attached hydrogen (secondary N) is 1. The van der Waals surface area contributed by atoms with Crippen LogP contribution in [0.5, 0.6) is 0 Å². The lowest BCUT2D eigenvalue weighted by Gasteiger charge is -2.42. The molecule has 30 heavy (non-hydrogen) atoms. The highest BCUT2D eigenvalue weighted by atomic mass is 32.2. The van der Waals surface area contributed by atoms with Gasteiger partial charge in [0.15, 0.2) is 5.82 Å². The van der Waals surface area contributed by atoms with E-state index in [4.69, 9.17) is 9.26 Å². The molecular weight excluding hydrogens is 402 g/mol. The summed E-state index contributed by atoms with van der Waals surface area (Å²) in [5, 5.41) is 6.96. The maximum absolute atomic E-state index is 13.3. The molecule has 170 valence electrons. The van der Waals surface area contributed by atoms with Crippen LogP contribution in [-0.4, -0.2) is 51.2 Å². The molecule has 0 radical (unpaired) electrons. The number of rotatable bonds is 5. The Morgan fingerprint density at radius 2 is 1.93 bits per heavy atom. The van der Waals surface area contributed by atoms with Crippen molar-refractivity contribution in [2.45, 2.75) is 84.0 Å². The van der Waals surface area contributed by atoms with Gasteiger partial charge in [0.1, 0.15) is 11.4 Å². The van der Waals surface area contributed by atoms with Crippen LogP contribution >= 0.6 is 11.8 Å². The highest BCUT2D eigenvalue weighted by molar-refractivity contribution is 8.01. The Labute approximate surface area is 184 Å². The molecule has 1 aromatic heterocycles. The third-order valence-corrected chi connectivity index (χ3v) is 6.65. The van der Waals surface area contributed by atoms with Crippen molar-refractivity contribution in [2.24, 2.45) is 5.92 Å². The fraction of sp³-hybridized carbons (Fsp3) is 0.773. The summed E-state index contributed by atoms with van der Waals surface area (Å²) < 4.78 is 10.3. The highest BCUT2D eigenvalue weighted by Crippen LogP contribution is 2.39. The van der Waals surface area contributed by atoms with Gasteiger partial charge in [-0.15, -0.1) is 11.8 Å². The SMILES string of the molecule is CCSC(C)(C(=O)Nc1cc(C(C)(C)C)on1)C1CCCN(C(=O)OC(C)(C)C)C1. The first-order valence-corrected chi connectivity index (χ1v) is 11.7. The average molecular weight is 440 g/mol. The zero-order chi connectivity index (χ0) is 22.7. The third kappa shape index (κ3) is 6.15. The minimum atomic E-state index is -0.698. The molecule has 2 amide bonds. The van der Waals surface area contributed by atoms with Gasteiger partial charge in [0.05, 0.1) is 4.75 Å². The molecule has 7 nitrogen and oxygen atoms in total. The predicted octanol–water partition coefficient (Wildman–Crippen LogP) is 5.07. The molecule has 1 aliphatic heterocycles. The van der Waals surface area contributed by atoms with Gasteiger partial charge in [-0.25, -0.2) is 4.79 Å². The number of carbonyl (C=O) groups is 2. The Morgan fingerprint density at radius 1 is 1.27 bits per heavy atom. The zero-order valence-corrected chi connectivity index (χ0v) is 20.4. The van der Waals surface area contributed by atoms with E-state index in [0.29, 0.717) is 18.9 Å². The normalized spacial score (nSPS) is 19.9. The number of amides is 2. The average Bonchev–Trinajstić information content (AvgIpc) is 3.09. The van der Waals surface area contributed by atoms with Crippen molar-refractivity contribution in [2.75, 3.05) is 24.2 Å². The van der Waals surface area contributed by atoms with Crippen molar-refractivity contribution in [3.63, 3.8) is 0 Å². The summed E-state index contributed by atoms with van der Waals surface area (Å²) in [4.78, 5) is 27.6. The zero-order valence-electron chi connectivity index (χ0n) is 19.6. The first-order valence-electron chi connectivity index (χ1n) is 10.7. The third-order valence-electron chi connectivity index (χ3n) is 5.24. The van der Waals surface area contributed by atoms with Crippen LogP contribution in [0, 0.1) is 5.92 Å². The van der Waals surface area contributed by atoms with Crippen molar-refractivity contribution in [1.82, 2.24) is 10.1 Å². The van der Waals surface area contributed by atoms with E-state index in [0.717, 1.165) is 24.4 Å². The van der Waals surface area contributed by atoms with Crippen LogP contribution in [0.1, 0.15) is 74.0 Å². The summed E-state index contributed by atoms with van der Waals surface area (Å²) in [5.41, 5.74) is -0.727. The Kier molecular flexibility index (Phi) is 7.54. The molecule has 0 bridgehead atoms. The topological polar surface area (TPSA) is 84.7 Å². The molecule has 1 fully saturated rings. The number of piperidine rings is 1. The molecular formula is C22H37N3O4S. The summed E-state index contributed by atoms with van der Waals surface area (Å²) in [6.45, 7) is 16.8. The largest absolute Gasteiger partial charge is 0.444 e. The molecule has 8 heteroatoms. The molecule has 0 aliphatic carbocycles. The van der Waals surface area contributed by atoms with E-state index >= 15 is 0 Å². The van der Waals surface area contributed by atoms with Gasteiger partial charge in [-0.05, 0) is 52.2 Å². The molecule has 2 unspecified atom stereocenters. The number of thioether (sulfide) groups is 1. The van der Waals surface area contributed by atoms with Gasteiger partial charge in [0.25, 0.3) is 0 Å². The number of anilines is 1. The molecule has 0 saturated carbocycles. The molecule has 0 spiro atoms. The van der Waals surface area contributed by atoms with Crippen LogP contribution < -0.4 is 5.32 Å². The Balaban J connectivity index is 2.16. The fourth-order valence-electron chi connectivity index (χ4n) is 3.52. The second kappa shape index (κ2) is 9.20. The molecule has 2 heterocycles. The lowest BCUT2D eigenvalue weighted by Crippen LogP contribution is -2.52. The van der Waals surface area contributed by atoms with E-state index in [1.807, 2.05) is 55.4 Å². The van der Waals surface area contributed by atoms with Crippen LogP contribution in [0.15, 0.2) is 10.6 Å². The number of nitrogens with zero attached hydrogens (tertiary/aromatic N) is 2. The van der Waals surface area contributed by atoms with Crippen LogP contribution in [0.2, 0.25) is 0 Å². The monoisotopic (exact) mass is 439 g/mol.